The van der Waals surface area contributed by atoms with E-state index in [1.165, 1.54) is 18.7 Å². The first kappa shape index (κ1) is 13.4. The molecule has 0 saturated carbocycles. The summed E-state index contributed by atoms with van der Waals surface area (Å²) >= 11 is 1.42. The molecule has 2 heterocycles. The number of thioether (sulfide) groups is 1. The Morgan fingerprint density at radius 2 is 2.21 bits per heavy atom. The highest BCUT2D eigenvalue weighted by Gasteiger charge is 2.20. The zero-order valence-electron chi connectivity index (χ0n) is 10.5. The number of nitrogens with one attached hydrogen (secondary N) is 1. The third-order valence-corrected chi connectivity index (χ3v) is 3.28. The van der Waals surface area contributed by atoms with Crippen LogP contribution in [0, 0.1) is 0 Å². The quantitative estimate of drug-likeness (QED) is 0.823. The standard InChI is InChI=1S/C12H13N3O3S/c1-7(11(17)18)13-10(16)9-8-5-3-4-6-15(8)12(14-9)19-2/h3-7H,1-2H3,(H,13,16)(H,17,18)/t7-/m1/s1. The van der Waals surface area contributed by atoms with Crippen molar-refractivity contribution in [2.24, 2.45) is 0 Å². The van der Waals surface area contributed by atoms with E-state index in [0.717, 1.165) is 0 Å². The van der Waals surface area contributed by atoms with E-state index in [-0.39, 0.29) is 5.69 Å². The molecule has 2 rings (SSSR count). The predicted molar refractivity (Wildman–Crippen MR) is 71.5 cm³/mol. The number of nitrogens with zero attached hydrogens (tertiary/aromatic N) is 2. The zero-order chi connectivity index (χ0) is 14.0. The topological polar surface area (TPSA) is 83.7 Å². The molecule has 1 atom stereocenters. The molecular weight excluding hydrogens is 266 g/mol. The number of pyridine rings is 1. The number of aromatic nitrogens is 2. The lowest BCUT2D eigenvalue weighted by Crippen LogP contribution is -2.38. The van der Waals surface area contributed by atoms with Crippen LogP contribution in [0.15, 0.2) is 29.6 Å². The fraction of sp³-hybridized carbons (Fsp3) is 0.250. The molecular formula is C12H13N3O3S. The zero-order valence-corrected chi connectivity index (χ0v) is 11.3. The molecule has 1 amide bonds. The largest absolute Gasteiger partial charge is 0.480 e. The van der Waals surface area contributed by atoms with E-state index in [1.54, 1.807) is 16.5 Å². The first-order chi connectivity index (χ1) is 9.04. The number of rotatable bonds is 4. The molecule has 100 valence electrons. The van der Waals surface area contributed by atoms with Crippen molar-refractivity contribution < 1.29 is 14.7 Å². The van der Waals surface area contributed by atoms with Crippen molar-refractivity contribution in [3.8, 4) is 0 Å². The third kappa shape index (κ3) is 2.55. The Morgan fingerprint density at radius 3 is 2.84 bits per heavy atom. The number of amides is 1. The number of carbonyl (C=O) groups excluding carboxylic acids is 1. The molecule has 0 aliphatic rings. The van der Waals surface area contributed by atoms with Gasteiger partial charge in [0.15, 0.2) is 10.9 Å². The molecule has 0 bridgehead atoms. The van der Waals surface area contributed by atoms with Gasteiger partial charge in [-0.2, -0.15) is 0 Å². The molecule has 0 spiro atoms. The molecule has 0 aliphatic heterocycles. The van der Waals surface area contributed by atoms with Gasteiger partial charge in [0.2, 0.25) is 0 Å². The summed E-state index contributed by atoms with van der Waals surface area (Å²) in [5.41, 5.74) is 0.889. The first-order valence-electron chi connectivity index (χ1n) is 5.59. The average molecular weight is 279 g/mol. The summed E-state index contributed by atoms with van der Waals surface area (Å²) in [6.07, 6.45) is 3.68. The summed E-state index contributed by atoms with van der Waals surface area (Å²) in [7, 11) is 0. The highest BCUT2D eigenvalue weighted by atomic mass is 32.2. The van der Waals surface area contributed by atoms with Crippen molar-refractivity contribution >= 4 is 29.2 Å². The van der Waals surface area contributed by atoms with E-state index >= 15 is 0 Å². The highest BCUT2D eigenvalue weighted by molar-refractivity contribution is 7.98. The maximum absolute atomic E-state index is 12.0. The molecule has 19 heavy (non-hydrogen) atoms. The van der Waals surface area contributed by atoms with Crippen LogP contribution in [0.4, 0.5) is 0 Å². The summed E-state index contributed by atoms with van der Waals surface area (Å²) in [4.78, 5) is 27.0. The number of fused-ring (bicyclic) bond motifs is 1. The van der Waals surface area contributed by atoms with Gasteiger partial charge in [-0.25, -0.2) is 4.98 Å². The van der Waals surface area contributed by atoms with Crippen molar-refractivity contribution in [3.63, 3.8) is 0 Å². The molecule has 0 saturated heterocycles. The van der Waals surface area contributed by atoms with Crippen LogP contribution in [-0.2, 0) is 4.79 Å². The minimum absolute atomic E-state index is 0.234. The van der Waals surface area contributed by atoms with Crippen LogP contribution in [-0.4, -0.2) is 38.7 Å². The lowest BCUT2D eigenvalue weighted by Gasteiger charge is -2.07. The van der Waals surface area contributed by atoms with Crippen LogP contribution in [0.25, 0.3) is 5.52 Å². The lowest BCUT2D eigenvalue weighted by atomic mass is 10.3. The van der Waals surface area contributed by atoms with Gasteiger partial charge in [-0.1, -0.05) is 17.8 Å². The van der Waals surface area contributed by atoms with Gasteiger partial charge < -0.3 is 10.4 Å². The maximum atomic E-state index is 12.0. The Balaban J connectivity index is 2.40. The van der Waals surface area contributed by atoms with Crippen LogP contribution in [0.3, 0.4) is 0 Å². The number of carboxylic acids is 1. The van der Waals surface area contributed by atoms with Gasteiger partial charge in [0.1, 0.15) is 6.04 Å². The van der Waals surface area contributed by atoms with E-state index in [1.807, 2.05) is 18.5 Å². The fourth-order valence-corrected chi connectivity index (χ4v) is 2.19. The van der Waals surface area contributed by atoms with Crippen LogP contribution < -0.4 is 5.32 Å². The second kappa shape index (κ2) is 5.31. The lowest BCUT2D eigenvalue weighted by molar-refractivity contribution is -0.138. The molecule has 2 aromatic rings. The Morgan fingerprint density at radius 1 is 1.47 bits per heavy atom. The Bertz CT molecular complexity index is 638. The van der Waals surface area contributed by atoms with Gasteiger partial charge >= 0.3 is 5.97 Å². The second-order valence-corrected chi connectivity index (χ2v) is 4.71. The van der Waals surface area contributed by atoms with Crippen LogP contribution in [0.2, 0.25) is 0 Å². The van der Waals surface area contributed by atoms with Crippen molar-refractivity contribution in [2.75, 3.05) is 6.26 Å². The molecule has 0 aromatic carbocycles. The van der Waals surface area contributed by atoms with Gasteiger partial charge in [-0.3, -0.25) is 14.0 Å². The average Bonchev–Trinajstić information content (AvgIpc) is 2.77. The summed E-state index contributed by atoms with van der Waals surface area (Å²) in [6.45, 7) is 1.41. The Labute approximate surface area is 113 Å². The Hall–Kier alpha value is -2.02. The van der Waals surface area contributed by atoms with Gasteiger partial charge in [-0.05, 0) is 25.3 Å². The molecule has 0 aliphatic carbocycles. The summed E-state index contributed by atoms with van der Waals surface area (Å²) in [5.74, 6) is -1.57. The van der Waals surface area contributed by atoms with Gasteiger partial charge in [0.05, 0.1) is 5.52 Å². The number of imidazole rings is 1. The third-order valence-electron chi connectivity index (χ3n) is 2.63. The Kier molecular flexibility index (Phi) is 3.75. The maximum Gasteiger partial charge on any atom is 0.325 e. The van der Waals surface area contributed by atoms with Gasteiger partial charge in [-0.15, -0.1) is 0 Å². The highest BCUT2D eigenvalue weighted by Crippen LogP contribution is 2.19. The molecule has 2 aromatic heterocycles. The number of hydrogen-bond donors (Lipinski definition) is 2. The summed E-state index contributed by atoms with van der Waals surface area (Å²) < 4.78 is 1.80. The SMILES string of the molecule is CSc1nc(C(=O)N[C@H](C)C(=O)O)c2ccccn12. The summed E-state index contributed by atoms with van der Waals surface area (Å²) in [6, 6.07) is 4.47. The number of hydrogen-bond acceptors (Lipinski definition) is 4. The number of carbonyl (C=O) groups is 2. The molecule has 0 radical (unpaired) electrons. The molecule has 7 heteroatoms. The van der Waals surface area contributed by atoms with Gasteiger partial charge in [0.25, 0.3) is 5.91 Å². The van der Waals surface area contributed by atoms with E-state index in [9.17, 15) is 9.59 Å². The minimum atomic E-state index is -1.08. The fourth-order valence-electron chi connectivity index (χ4n) is 1.65. The normalized spacial score (nSPS) is 12.3. The molecule has 0 fully saturated rings. The van der Waals surface area contributed by atoms with Crippen LogP contribution in [0.1, 0.15) is 17.4 Å². The summed E-state index contributed by atoms with van der Waals surface area (Å²) in [5, 5.41) is 11.9. The van der Waals surface area contributed by atoms with Crippen molar-refractivity contribution in [2.45, 2.75) is 18.1 Å². The smallest absolute Gasteiger partial charge is 0.325 e. The molecule has 6 nitrogen and oxygen atoms in total. The minimum Gasteiger partial charge on any atom is -0.480 e. The van der Waals surface area contributed by atoms with Crippen LogP contribution in [0.5, 0.6) is 0 Å². The monoisotopic (exact) mass is 279 g/mol. The molecule has 2 N–H and O–H groups in total. The van der Waals surface area contributed by atoms with Gasteiger partial charge in [0, 0.05) is 6.20 Å². The van der Waals surface area contributed by atoms with E-state index in [4.69, 9.17) is 5.11 Å². The van der Waals surface area contributed by atoms with Crippen molar-refractivity contribution in [1.29, 1.82) is 0 Å². The van der Waals surface area contributed by atoms with E-state index in [0.29, 0.717) is 10.7 Å². The van der Waals surface area contributed by atoms with Crippen molar-refractivity contribution in [1.82, 2.24) is 14.7 Å². The predicted octanol–water partition coefficient (Wildman–Crippen LogP) is 1.26. The number of aliphatic carboxylic acids is 1. The molecule has 0 unspecified atom stereocenters. The van der Waals surface area contributed by atoms with Crippen LogP contribution >= 0.6 is 11.8 Å². The van der Waals surface area contributed by atoms with Crippen molar-refractivity contribution in [3.05, 3.63) is 30.1 Å². The van der Waals surface area contributed by atoms with E-state index < -0.39 is 17.9 Å². The van der Waals surface area contributed by atoms with E-state index in [2.05, 4.69) is 10.3 Å². The number of carboxylic acid groups (broad SMARTS) is 1. The second-order valence-electron chi connectivity index (χ2n) is 3.94. The first-order valence-corrected chi connectivity index (χ1v) is 6.81.